The molecule has 30 heavy (non-hydrogen) atoms. The normalized spacial score (nSPS) is 10.9. The van der Waals surface area contributed by atoms with Crippen LogP contribution >= 0.6 is 0 Å². The van der Waals surface area contributed by atoms with Gasteiger partial charge in [0.15, 0.2) is 5.75 Å². The molecule has 0 heterocycles. The fraction of sp³-hybridized carbons (Fsp3) is 0.136. The van der Waals surface area contributed by atoms with Crippen LogP contribution in [-0.4, -0.2) is 34.2 Å². The number of nitrogens with one attached hydrogen (secondary N) is 1. The van der Waals surface area contributed by atoms with Gasteiger partial charge in [0.05, 0.1) is 24.7 Å². The van der Waals surface area contributed by atoms with Crippen molar-refractivity contribution in [1.29, 1.82) is 0 Å². The van der Waals surface area contributed by atoms with Crippen LogP contribution in [-0.2, 0) is 14.8 Å². The van der Waals surface area contributed by atoms with E-state index in [-0.39, 0.29) is 5.69 Å². The number of carbonyl (C=O) groups excluding carboxylic acids is 1. The van der Waals surface area contributed by atoms with Crippen LogP contribution in [0, 0.1) is 0 Å². The Bertz CT molecular complexity index is 1120. The Hall–Kier alpha value is -3.52. The second-order valence-corrected chi connectivity index (χ2v) is 8.31. The number of nitrogens with zero attached hydrogens (tertiary/aromatic N) is 1. The molecule has 1 amide bonds. The van der Waals surface area contributed by atoms with Gasteiger partial charge in [-0.1, -0.05) is 42.5 Å². The average Bonchev–Trinajstić information content (AvgIpc) is 2.73. The van der Waals surface area contributed by atoms with E-state index in [1.807, 2.05) is 18.2 Å². The van der Waals surface area contributed by atoms with Gasteiger partial charge in [0.1, 0.15) is 18.0 Å². The summed E-state index contributed by atoms with van der Waals surface area (Å²) in [5.74, 6) is 0.894. The molecule has 1 N–H and O–H groups in total. The molecule has 3 rings (SSSR count). The third-order valence-electron chi connectivity index (χ3n) is 4.17. The first-order valence-corrected chi connectivity index (χ1v) is 11.0. The predicted octanol–water partition coefficient (Wildman–Crippen LogP) is 3.89. The molecule has 0 saturated carbocycles. The van der Waals surface area contributed by atoms with Crippen molar-refractivity contribution in [3.05, 3.63) is 78.9 Å². The van der Waals surface area contributed by atoms with Crippen LogP contribution in [0.4, 0.5) is 11.4 Å². The van der Waals surface area contributed by atoms with E-state index in [4.69, 9.17) is 9.47 Å². The summed E-state index contributed by atoms with van der Waals surface area (Å²) in [6, 6.07) is 22.7. The highest BCUT2D eigenvalue weighted by atomic mass is 32.2. The number of methoxy groups -OCH3 is 1. The molecule has 0 aliphatic carbocycles. The van der Waals surface area contributed by atoms with Crippen LogP contribution in [0.15, 0.2) is 78.9 Å². The first-order chi connectivity index (χ1) is 14.4. The van der Waals surface area contributed by atoms with Gasteiger partial charge in [-0.15, -0.1) is 0 Å². The van der Waals surface area contributed by atoms with Gasteiger partial charge in [0.25, 0.3) is 0 Å². The Balaban J connectivity index is 1.82. The van der Waals surface area contributed by atoms with Gasteiger partial charge in [-0.2, -0.15) is 0 Å². The molecule has 8 heteroatoms. The van der Waals surface area contributed by atoms with E-state index >= 15 is 0 Å². The number of amides is 1. The first kappa shape index (κ1) is 21.2. The minimum absolute atomic E-state index is 0.284. The molecule has 156 valence electrons. The van der Waals surface area contributed by atoms with Crippen molar-refractivity contribution in [3.8, 4) is 17.2 Å². The van der Waals surface area contributed by atoms with Gasteiger partial charge in [-0.05, 0) is 36.4 Å². The Morgan fingerprint density at radius 1 is 0.900 bits per heavy atom. The molecule has 0 unspecified atom stereocenters. The van der Waals surface area contributed by atoms with Crippen molar-refractivity contribution in [1.82, 2.24) is 0 Å². The average molecular weight is 426 g/mol. The fourth-order valence-corrected chi connectivity index (χ4v) is 3.67. The highest BCUT2D eigenvalue weighted by Gasteiger charge is 2.24. The van der Waals surface area contributed by atoms with E-state index in [9.17, 15) is 13.2 Å². The number of hydrogen-bond donors (Lipinski definition) is 1. The Labute approximate surface area is 175 Å². The summed E-state index contributed by atoms with van der Waals surface area (Å²) in [6.07, 6.45) is 1.04. The van der Waals surface area contributed by atoms with E-state index in [2.05, 4.69) is 5.32 Å². The van der Waals surface area contributed by atoms with Gasteiger partial charge in [-0.3, -0.25) is 9.10 Å². The van der Waals surface area contributed by atoms with Gasteiger partial charge in [0, 0.05) is 0 Å². The molecule has 0 aromatic heterocycles. The molecule has 0 aliphatic rings. The lowest BCUT2D eigenvalue weighted by Gasteiger charge is -2.23. The Morgan fingerprint density at radius 3 is 2.17 bits per heavy atom. The van der Waals surface area contributed by atoms with E-state index in [1.165, 1.54) is 7.11 Å². The predicted molar refractivity (Wildman–Crippen MR) is 117 cm³/mol. The highest BCUT2D eigenvalue weighted by Crippen LogP contribution is 2.31. The van der Waals surface area contributed by atoms with Crippen molar-refractivity contribution in [2.24, 2.45) is 0 Å². The lowest BCUT2D eigenvalue weighted by atomic mass is 10.2. The number of benzene rings is 3. The second kappa shape index (κ2) is 9.32. The maximum absolute atomic E-state index is 12.7. The molecule has 3 aromatic carbocycles. The standard InChI is InChI=1S/C22H22N2O5S/c1-28-21-15-9-7-13-19(21)24(30(2,26)27)16-22(25)23-18-12-6-8-14-20(18)29-17-10-4-3-5-11-17/h3-15H,16H2,1-2H3,(H,23,25). The lowest BCUT2D eigenvalue weighted by Crippen LogP contribution is -2.37. The molecule has 0 saturated heterocycles. The molecule has 0 aliphatic heterocycles. The van der Waals surface area contributed by atoms with Crippen molar-refractivity contribution in [3.63, 3.8) is 0 Å². The molecular formula is C22H22N2O5S. The molecular weight excluding hydrogens is 404 g/mol. The van der Waals surface area contributed by atoms with E-state index in [0.717, 1.165) is 10.6 Å². The summed E-state index contributed by atoms with van der Waals surface area (Å²) in [7, 11) is -2.29. The highest BCUT2D eigenvalue weighted by molar-refractivity contribution is 7.92. The summed E-state index contributed by atoms with van der Waals surface area (Å²) >= 11 is 0. The number of rotatable bonds is 8. The van der Waals surface area contributed by atoms with Crippen LogP contribution in [0.25, 0.3) is 0 Å². The summed E-state index contributed by atoms with van der Waals surface area (Å²) in [5.41, 5.74) is 0.714. The largest absolute Gasteiger partial charge is 0.495 e. The molecule has 0 radical (unpaired) electrons. The summed E-state index contributed by atoms with van der Waals surface area (Å²) < 4.78 is 36.8. The molecule has 7 nitrogen and oxygen atoms in total. The Morgan fingerprint density at radius 2 is 1.50 bits per heavy atom. The van der Waals surface area contributed by atoms with E-state index in [1.54, 1.807) is 60.7 Å². The monoisotopic (exact) mass is 426 g/mol. The van der Waals surface area contributed by atoms with Crippen LogP contribution < -0.4 is 19.1 Å². The maximum atomic E-state index is 12.7. The minimum atomic E-state index is -3.74. The van der Waals surface area contributed by atoms with E-state index < -0.39 is 22.5 Å². The van der Waals surface area contributed by atoms with E-state index in [0.29, 0.717) is 22.9 Å². The summed E-state index contributed by atoms with van der Waals surface area (Å²) in [6.45, 7) is -0.418. The van der Waals surface area contributed by atoms with Crippen LogP contribution in [0.3, 0.4) is 0 Å². The number of sulfonamides is 1. The molecule has 0 spiro atoms. The fourth-order valence-electron chi connectivity index (χ4n) is 2.81. The zero-order valence-corrected chi connectivity index (χ0v) is 17.4. The minimum Gasteiger partial charge on any atom is -0.495 e. The molecule has 0 fully saturated rings. The quantitative estimate of drug-likeness (QED) is 0.591. The smallest absolute Gasteiger partial charge is 0.245 e. The maximum Gasteiger partial charge on any atom is 0.245 e. The third-order valence-corrected chi connectivity index (χ3v) is 5.30. The number of para-hydroxylation sites is 5. The molecule has 0 bridgehead atoms. The summed E-state index contributed by atoms with van der Waals surface area (Å²) in [4.78, 5) is 12.7. The number of ether oxygens (including phenoxy) is 2. The van der Waals surface area contributed by atoms with Crippen molar-refractivity contribution in [2.45, 2.75) is 0 Å². The number of carbonyl (C=O) groups is 1. The van der Waals surface area contributed by atoms with Crippen LogP contribution in [0.1, 0.15) is 0 Å². The zero-order valence-electron chi connectivity index (χ0n) is 16.6. The van der Waals surface area contributed by atoms with Crippen molar-refractivity contribution in [2.75, 3.05) is 29.5 Å². The third kappa shape index (κ3) is 5.30. The van der Waals surface area contributed by atoms with Crippen molar-refractivity contribution >= 4 is 27.3 Å². The van der Waals surface area contributed by atoms with Gasteiger partial charge in [0.2, 0.25) is 15.9 Å². The molecule has 0 atom stereocenters. The second-order valence-electron chi connectivity index (χ2n) is 6.40. The SMILES string of the molecule is COc1ccccc1N(CC(=O)Nc1ccccc1Oc1ccccc1)S(C)(=O)=O. The van der Waals surface area contributed by atoms with Gasteiger partial charge < -0.3 is 14.8 Å². The van der Waals surface area contributed by atoms with Crippen molar-refractivity contribution < 1.29 is 22.7 Å². The van der Waals surface area contributed by atoms with Gasteiger partial charge in [-0.25, -0.2) is 8.42 Å². The zero-order chi connectivity index (χ0) is 21.6. The molecule has 3 aromatic rings. The van der Waals surface area contributed by atoms with Crippen LogP contribution in [0.2, 0.25) is 0 Å². The number of hydrogen-bond acceptors (Lipinski definition) is 5. The lowest BCUT2D eigenvalue weighted by molar-refractivity contribution is -0.114. The topological polar surface area (TPSA) is 84.9 Å². The number of anilines is 2. The Kier molecular flexibility index (Phi) is 6.58. The first-order valence-electron chi connectivity index (χ1n) is 9.11. The summed E-state index contributed by atoms with van der Waals surface area (Å²) in [5, 5.41) is 2.73. The van der Waals surface area contributed by atoms with Gasteiger partial charge >= 0.3 is 0 Å². The van der Waals surface area contributed by atoms with Crippen LogP contribution in [0.5, 0.6) is 17.2 Å².